The fourth-order valence-corrected chi connectivity index (χ4v) is 2.91. The summed E-state index contributed by atoms with van der Waals surface area (Å²) in [7, 11) is 0. The Morgan fingerprint density at radius 3 is 2.94 bits per heavy atom. The minimum absolute atomic E-state index is 0.257. The van der Waals surface area contributed by atoms with Gasteiger partial charge in [-0.1, -0.05) is 13.3 Å². The van der Waals surface area contributed by atoms with E-state index in [-0.39, 0.29) is 5.54 Å². The van der Waals surface area contributed by atoms with E-state index in [1.165, 1.54) is 19.3 Å². The topological polar surface area (TPSA) is 45.0 Å². The molecule has 1 saturated heterocycles. The van der Waals surface area contributed by atoms with Crippen molar-refractivity contribution in [2.24, 2.45) is 5.92 Å². The number of nitrogens with zero attached hydrogens (tertiary/aromatic N) is 1. The van der Waals surface area contributed by atoms with Crippen LogP contribution < -0.4 is 5.32 Å². The first-order chi connectivity index (χ1) is 7.78. The van der Waals surface area contributed by atoms with Crippen molar-refractivity contribution < 1.29 is 4.74 Å². The third-order valence-electron chi connectivity index (χ3n) is 4.10. The summed E-state index contributed by atoms with van der Waals surface area (Å²) in [5.41, 5.74) is -0.257. The predicted molar refractivity (Wildman–Crippen MR) is 63.0 cm³/mol. The molecule has 0 spiro atoms. The molecule has 3 atom stereocenters. The van der Waals surface area contributed by atoms with Gasteiger partial charge in [0.2, 0.25) is 0 Å². The maximum Gasteiger partial charge on any atom is 0.107 e. The first-order valence-electron chi connectivity index (χ1n) is 6.56. The van der Waals surface area contributed by atoms with Crippen LogP contribution in [-0.4, -0.2) is 24.8 Å². The van der Waals surface area contributed by atoms with Crippen LogP contribution in [0.3, 0.4) is 0 Å². The van der Waals surface area contributed by atoms with E-state index in [0.717, 1.165) is 38.3 Å². The van der Waals surface area contributed by atoms with Gasteiger partial charge in [-0.25, -0.2) is 0 Å². The third kappa shape index (κ3) is 2.56. The molecule has 3 nitrogen and oxygen atoms in total. The van der Waals surface area contributed by atoms with Crippen molar-refractivity contribution in [1.29, 1.82) is 5.26 Å². The van der Waals surface area contributed by atoms with Gasteiger partial charge in [-0.15, -0.1) is 0 Å². The molecule has 0 amide bonds. The van der Waals surface area contributed by atoms with Crippen molar-refractivity contribution in [2.45, 2.75) is 57.1 Å². The number of hydrogen-bond donors (Lipinski definition) is 1. The summed E-state index contributed by atoms with van der Waals surface area (Å²) in [6.07, 6.45) is 7.08. The standard InChI is InChI=1S/C13H22N2O/c1-2-11-5-6-13(8-11,10-14)15-9-12-4-3-7-16-12/h11-12,15H,2-9H2,1H3. The largest absolute Gasteiger partial charge is 0.377 e. The van der Waals surface area contributed by atoms with E-state index in [0.29, 0.717) is 6.10 Å². The van der Waals surface area contributed by atoms with Crippen molar-refractivity contribution in [3.63, 3.8) is 0 Å². The monoisotopic (exact) mass is 222 g/mol. The van der Waals surface area contributed by atoms with Crippen molar-refractivity contribution in [1.82, 2.24) is 5.32 Å². The summed E-state index contributed by atoms with van der Waals surface area (Å²) in [5.74, 6) is 0.733. The molecule has 1 aliphatic carbocycles. The minimum atomic E-state index is -0.257. The summed E-state index contributed by atoms with van der Waals surface area (Å²) in [5, 5.41) is 12.8. The molecule has 1 aliphatic heterocycles. The van der Waals surface area contributed by atoms with E-state index >= 15 is 0 Å². The lowest BCUT2D eigenvalue weighted by atomic mass is 9.96. The lowest BCUT2D eigenvalue weighted by Crippen LogP contribution is -2.45. The van der Waals surface area contributed by atoms with Crippen LogP contribution in [0.15, 0.2) is 0 Å². The van der Waals surface area contributed by atoms with E-state index in [9.17, 15) is 5.26 Å². The van der Waals surface area contributed by atoms with Crippen molar-refractivity contribution in [3.8, 4) is 6.07 Å². The van der Waals surface area contributed by atoms with Gasteiger partial charge in [-0.05, 0) is 38.0 Å². The Morgan fingerprint density at radius 1 is 1.50 bits per heavy atom. The summed E-state index contributed by atoms with van der Waals surface area (Å²) < 4.78 is 5.58. The van der Waals surface area contributed by atoms with Gasteiger partial charge in [-0.3, -0.25) is 5.32 Å². The van der Waals surface area contributed by atoms with Gasteiger partial charge in [0, 0.05) is 13.2 Å². The molecule has 2 rings (SSSR count). The predicted octanol–water partition coefficient (Wildman–Crippen LogP) is 2.23. The maximum absolute atomic E-state index is 9.35. The number of rotatable bonds is 4. The first-order valence-corrected chi connectivity index (χ1v) is 6.56. The number of ether oxygens (including phenoxy) is 1. The van der Waals surface area contributed by atoms with Crippen molar-refractivity contribution in [2.75, 3.05) is 13.2 Å². The maximum atomic E-state index is 9.35. The van der Waals surface area contributed by atoms with Gasteiger partial charge >= 0.3 is 0 Å². The number of nitrogens with one attached hydrogen (secondary N) is 1. The van der Waals surface area contributed by atoms with Crippen LogP contribution in [0.25, 0.3) is 0 Å². The fourth-order valence-electron chi connectivity index (χ4n) is 2.91. The highest BCUT2D eigenvalue weighted by Crippen LogP contribution is 2.36. The highest BCUT2D eigenvalue weighted by Gasteiger charge is 2.38. The second-order valence-electron chi connectivity index (χ2n) is 5.23. The van der Waals surface area contributed by atoms with Gasteiger partial charge < -0.3 is 4.74 Å². The van der Waals surface area contributed by atoms with Crippen LogP contribution in [0, 0.1) is 17.2 Å². The summed E-state index contributed by atoms with van der Waals surface area (Å²) in [6, 6.07) is 2.50. The Kier molecular flexibility index (Phi) is 3.83. The fraction of sp³-hybridized carbons (Fsp3) is 0.923. The van der Waals surface area contributed by atoms with Crippen molar-refractivity contribution in [3.05, 3.63) is 0 Å². The van der Waals surface area contributed by atoms with E-state index in [4.69, 9.17) is 4.74 Å². The Hall–Kier alpha value is -0.590. The number of nitriles is 1. The molecule has 2 aliphatic rings. The molecule has 3 unspecified atom stereocenters. The van der Waals surface area contributed by atoms with E-state index in [1.807, 2.05) is 0 Å². The normalized spacial score (nSPS) is 38.8. The first kappa shape index (κ1) is 11.9. The van der Waals surface area contributed by atoms with E-state index in [2.05, 4.69) is 18.3 Å². The zero-order valence-electron chi connectivity index (χ0n) is 10.2. The van der Waals surface area contributed by atoms with Gasteiger partial charge in [0.05, 0.1) is 12.2 Å². The van der Waals surface area contributed by atoms with Crippen LogP contribution >= 0.6 is 0 Å². The minimum Gasteiger partial charge on any atom is -0.377 e. The molecule has 16 heavy (non-hydrogen) atoms. The molecule has 0 aromatic rings. The van der Waals surface area contributed by atoms with Crippen LogP contribution in [0.1, 0.15) is 45.4 Å². The zero-order chi connectivity index (χ0) is 11.4. The molecule has 1 N–H and O–H groups in total. The summed E-state index contributed by atoms with van der Waals surface area (Å²) in [6.45, 7) is 3.96. The number of hydrogen-bond acceptors (Lipinski definition) is 3. The van der Waals surface area contributed by atoms with Crippen LogP contribution in [0.5, 0.6) is 0 Å². The molecular weight excluding hydrogens is 200 g/mol. The molecular formula is C13H22N2O. The summed E-state index contributed by atoms with van der Waals surface area (Å²) >= 11 is 0. The van der Waals surface area contributed by atoms with Crippen LogP contribution in [0.4, 0.5) is 0 Å². The Bertz CT molecular complexity index is 268. The second-order valence-corrected chi connectivity index (χ2v) is 5.23. The molecule has 0 bridgehead atoms. The van der Waals surface area contributed by atoms with Gasteiger partial charge in [0.25, 0.3) is 0 Å². The zero-order valence-corrected chi connectivity index (χ0v) is 10.2. The Labute approximate surface area is 98.2 Å². The summed E-state index contributed by atoms with van der Waals surface area (Å²) in [4.78, 5) is 0. The highest BCUT2D eigenvalue weighted by molar-refractivity contribution is 5.11. The van der Waals surface area contributed by atoms with Crippen LogP contribution in [-0.2, 0) is 4.74 Å². The smallest absolute Gasteiger partial charge is 0.107 e. The Balaban J connectivity index is 1.83. The van der Waals surface area contributed by atoms with E-state index < -0.39 is 0 Å². The SMILES string of the molecule is CCC1CCC(C#N)(NCC2CCCO2)C1. The van der Waals surface area contributed by atoms with Gasteiger partial charge in [0.15, 0.2) is 0 Å². The third-order valence-corrected chi connectivity index (χ3v) is 4.10. The average Bonchev–Trinajstić information content (AvgIpc) is 2.96. The van der Waals surface area contributed by atoms with Gasteiger partial charge in [-0.2, -0.15) is 5.26 Å². The molecule has 3 heteroatoms. The van der Waals surface area contributed by atoms with Crippen LogP contribution in [0.2, 0.25) is 0 Å². The lowest BCUT2D eigenvalue weighted by Gasteiger charge is -2.24. The highest BCUT2D eigenvalue weighted by atomic mass is 16.5. The average molecular weight is 222 g/mol. The second kappa shape index (κ2) is 5.16. The molecule has 1 heterocycles. The Morgan fingerprint density at radius 2 is 2.38 bits per heavy atom. The molecule has 1 saturated carbocycles. The van der Waals surface area contributed by atoms with Gasteiger partial charge in [0.1, 0.15) is 5.54 Å². The molecule has 90 valence electrons. The lowest BCUT2D eigenvalue weighted by molar-refractivity contribution is 0.104. The van der Waals surface area contributed by atoms with Crippen molar-refractivity contribution >= 4 is 0 Å². The molecule has 0 aromatic carbocycles. The molecule has 2 fully saturated rings. The molecule has 0 radical (unpaired) electrons. The quantitative estimate of drug-likeness (QED) is 0.793. The molecule has 0 aromatic heterocycles. The van der Waals surface area contributed by atoms with E-state index in [1.54, 1.807) is 0 Å².